The van der Waals surface area contributed by atoms with E-state index in [0.717, 1.165) is 5.56 Å². The number of rotatable bonds is 6. The molecule has 0 bridgehead atoms. The number of aromatic nitrogens is 1. The minimum absolute atomic E-state index is 0.107. The molecule has 0 aliphatic rings. The van der Waals surface area contributed by atoms with Crippen molar-refractivity contribution >= 4 is 23.7 Å². The number of para-hydroxylation sites is 1. The van der Waals surface area contributed by atoms with Gasteiger partial charge in [-0.05, 0) is 30.3 Å². The average molecular weight is 391 g/mol. The van der Waals surface area contributed by atoms with Crippen LogP contribution in [0.15, 0.2) is 72.0 Å². The van der Waals surface area contributed by atoms with E-state index in [1.54, 1.807) is 36.4 Å². The van der Waals surface area contributed by atoms with E-state index < -0.39 is 5.91 Å². The van der Waals surface area contributed by atoms with Gasteiger partial charge in [-0.25, -0.2) is 10.4 Å². The monoisotopic (exact) mass is 390 g/mol. The van der Waals surface area contributed by atoms with Crippen molar-refractivity contribution in [1.29, 1.82) is 5.26 Å². The van der Waals surface area contributed by atoms with Gasteiger partial charge in [-0.3, -0.25) is 4.79 Å². The van der Waals surface area contributed by atoms with Crippen molar-refractivity contribution in [3.63, 3.8) is 0 Å². The SMILES string of the molecule is N#Cc1ccccc1COc1ccccc1C=NNC(=O)c1cccnc1Cl. The maximum Gasteiger partial charge on any atom is 0.274 e. The van der Waals surface area contributed by atoms with Crippen LogP contribution in [-0.2, 0) is 6.61 Å². The molecule has 138 valence electrons. The van der Waals surface area contributed by atoms with E-state index >= 15 is 0 Å². The zero-order chi connectivity index (χ0) is 19.8. The van der Waals surface area contributed by atoms with Crippen LogP contribution in [0.2, 0.25) is 5.15 Å². The highest BCUT2D eigenvalue weighted by molar-refractivity contribution is 6.32. The van der Waals surface area contributed by atoms with Crippen molar-refractivity contribution in [3.05, 3.63) is 94.3 Å². The van der Waals surface area contributed by atoms with Gasteiger partial charge in [0, 0.05) is 17.3 Å². The molecule has 1 amide bonds. The summed E-state index contributed by atoms with van der Waals surface area (Å²) in [7, 11) is 0. The molecule has 3 rings (SSSR count). The largest absolute Gasteiger partial charge is 0.488 e. The molecule has 0 radical (unpaired) electrons. The first-order chi connectivity index (χ1) is 13.7. The van der Waals surface area contributed by atoms with E-state index in [9.17, 15) is 10.1 Å². The number of carbonyl (C=O) groups is 1. The zero-order valence-corrected chi connectivity index (χ0v) is 15.4. The second kappa shape index (κ2) is 9.31. The zero-order valence-electron chi connectivity index (χ0n) is 14.7. The van der Waals surface area contributed by atoms with Crippen molar-refractivity contribution in [3.8, 4) is 11.8 Å². The van der Waals surface area contributed by atoms with Gasteiger partial charge in [-0.2, -0.15) is 10.4 Å². The summed E-state index contributed by atoms with van der Waals surface area (Å²) in [5.74, 6) is 0.114. The fourth-order valence-electron chi connectivity index (χ4n) is 2.41. The summed E-state index contributed by atoms with van der Waals surface area (Å²) in [5, 5.41) is 13.2. The number of ether oxygens (including phenoxy) is 1. The van der Waals surface area contributed by atoms with Gasteiger partial charge in [0.15, 0.2) is 0 Å². The first-order valence-corrected chi connectivity index (χ1v) is 8.70. The molecule has 6 nitrogen and oxygen atoms in total. The number of nitrogens with one attached hydrogen (secondary N) is 1. The predicted molar refractivity (Wildman–Crippen MR) is 106 cm³/mol. The van der Waals surface area contributed by atoms with E-state index in [0.29, 0.717) is 16.9 Å². The maximum absolute atomic E-state index is 12.1. The highest BCUT2D eigenvalue weighted by Crippen LogP contribution is 2.19. The summed E-state index contributed by atoms with van der Waals surface area (Å²) in [6, 6.07) is 19.8. The lowest BCUT2D eigenvalue weighted by Crippen LogP contribution is -2.18. The fraction of sp³-hybridized carbons (Fsp3) is 0.0476. The summed E-state index contributed by atoms with van der Waals surface area (Å²) in [5.41, 5.74) is 4.68. The summed E-state index contributed by atoms with van der Waals surface area (Å²) in [6.07, 6.45) is 2.98. The van der Waals surface area contributed by atoms with Crippen LogP contribution in [0, 0.1) is 11.3 Å². The molecule has 0 saturated carbocycles. The van der Waals surface area contributed by atoms with Gasteiger partial charge in [-0.15, -0.1) is 0 Å². The molecule has 1 aromatic heterocycles. The number of halogens is 1. The van der Waals surface area contributed by atoms with Gasteiger partial charge < -0.3 is 4.74 Å². The molecule has 1 heterocycles. The van der Waals surface area contributed by atoms with Crippen molar-refractivity contribution in [2.24, 2.45) is 5.10 Å². The highest BCUT2D eigenvalue weighted by atomic mass is 35.5. The second-order valence-corrected chi connectivity index (χ2v) is 5.99. The summed E-state index contributed by atoms with van der Waals surface area (Å²) < 4.78 is 5.84. The van der Waals surface area contributed by atoms with Crippen LogP contribution in [0.3, 0.4) is 0 Å². The van der Waals surface area contributed by atoms with Gasteiger partial charge >= 0.3 is 0 Å². The third-order valence-corrected chi connectivity index (χ3v) is 4.11. The molecule has 0 aliphatic carbocycles. The normalized spacial score (nSPS) is 10.4. The average Bonchev–Trinajstić information content (AvgIpc) is 2.73. The predicted octanol–water partition coefficient (Wildman–Crippen LogP) is 3.95. The number of hydrogen-bond acceptors (Lipinski definition) is 5. The molecule has 0 spiro atoms. The second-order valence-electron chi connectivity index (χ2n) is 5.64. The van der Waals surface area contributed by atoms with Gasteiger partial charge in [-0.1, -0.05) is 41.9 Å². The minimum atomic E-state index is -0.462. The third kappa shape index (κ3) is 4.72. The van der Waals surface area contributed by atoms with Gasteiger partial charge in [0.25, 0.3) is 5.91 Å². The van der Waals surface area contributed by atoms with Crippen LogP contribution in [0.1, 0.15) is 27.0 Å². The summed E-state index contributed by atoms with van der Waals surface area (Å²) >= 11 is 5.90. The molecule has 7 heteroatoms. The smallest absolute Gasteiger partial charge is 0.274 e. The first-order valence-electron chi connectivity index (χ1n) is 8.33. The van der Waals surface area contributed by atoms with Crippen LogP contribution in [0.4, 0.5) is 0 Å². The Balaban J connectivity index is 1.68. The third-order valence-electron chi connectivity index (χ3n) is 3.81. The van der Waals surface area contributed by atoms with Crippen LogP contribution < -0.4 is 10.2 Å². The van der Waals surface area contributed by atoms with E-state index in [1.165, 1.54) is 12.4 Å². The van der Waals surface area contributed by atoms with E-state index in [-0.39, 0.29) is 17.3 Å². The van der Waals surface area contributed by atoms with Crippen LogP contribution in [0.5, 0.6) is 5.75 Å². The Hall–Kier alpha value is -3.69. The number of carbonyl (C=O) groups excluding carboxylic acids is 1. The van der Waals surface area contributed by atoms with E-state index in [1.807, 2.05) is 24.3 Å². The van der Waals surface area contributed by atoms with Gasteiger partial charge in [0.1, 0.15) is 17.5 Å². The van der Waals surface area contributed by atoms with E-state index in [4.69, 9.17) is 16.3 Å². The number of benzene rings is 2. The molecule has 0 unspecified atom stereocenters. The van der Waals surface area contributed by atoms with Crippen molar-refractivity contribution < 1.29 is 9.53 Å². The number of nitriles is 1. The van der Waals surface area contributed by atoms with Crippen LogP contribution in [0.25, 0.3) is 0 Å². The van der Waals surface area contributed by atoms with Crippen LogP contribution in [-0.4, -0.2) is 17.1 Å². The van der Waals surface area contributed by atoms with Gasteiger partial charge in [0.05, 0.1) is 23.4 Å². The first kappa shape index (κ1) is 19.1. The quantitative estimate of drug-likeness (QED) is 0.392. The molecular formula is C21H15ClN4O2. The Morgan fingerprint density at radius 3 is 2.79 bits per heavy atom. The number of amides is 1. The molecule has 1 N–H and O–H groups in total. The molecule has 2 aromatic carbocycles. The molecule has 28 heavy (non-hydrogen) atoms. The molecule has 0 aliphatic heterocycles. The standard InChI is InChI=1S/C21H15ClN4O2/c22-20-18(9-5-11-24-20)21(27)26-25-13-16-7-3-4-10-19(16)28-14-17-8-2-1-6-15(17)12-23/h1-11,13H,14H2,(H,26,27). The fourth-order valence-corrected chi connectivity index (χ4v) is 2.61. The highest BCUT2D eigenvalue weighted by Gasteiger charge is 2.09. The molecule has 0 saturated heterocycles. The Morgan fingerprint density at radius 2 is 1.96 bits per heavy atom. The molecular weight excluding hydrogens is 376 g/mol. The minimum Gasteiger partial charge on any atom is -0.488 e. The van der Waals surface area contributed by atoms with Crippen molar-refractivity contribution in [1.82, 2.24) is 10.4 Å². The maximum atomic E-state index is 12.1. The lowest BCUT2D eigenvalue weighted by Gasteiger charge is -2.10. The Kier molecular flexibility index (Phi) is 6.34. The Morgan fingerprint density at radius 1 is 1.18 bits per heavy atom. The molecule has 3 aromatic rings. The Bertz CT molecular complexity index is 1060. The number of pyridine rings is 1. The van der Waals surface area contributed by atoms with Crippen LogP contribution >= 0.6 is 11.6 Å². The summed E-state index contributed by atoms with van der Waals surface area (Å²) in [6.45, 7) is 0.242. The topological polar surface area (TPSA) is 87.4 Å². The number of hydrazone groups is 1. The lowest BCUT2D eigenvalue weighted by molar-refractivity contribution is 0.0955. The molecule has 0 fully saturated rings. The van der Waals surface area contributed by atoms with Crippen molar-refractivity contribution in [2.75, 3.05) is 0 Å². The number of nitrogens with zero attached hydrogens (tertiary/aromatic N) is 3. The molecule has 0 atom stereocenters. The lowest BCUT2D eigenvalue weighted by atomic mass is 10.1. The summed E-state index contributed by atoms with van der Waals surface area (Å²) in [4.78, 5) is 16.0. The van der Waals surface area contributed by atoms with Gasteiger partial charge in [0.2, 0.25) is 0 Å². The number of hydrogen-bond donors (Lipinski definition) is 1. The van der Waals surface area contributed by atoms with Crippen molar-refractivity contribution in [2.45, 2.75) is 6.61 Å². The van der Waals surface area contributed by atoms with E-state index in [2.05, 4.69) is 21.6 Å². The Labute approximate surface area is 167 Å².